The maximum absolute atomic E-state index is 12.6. The number of thiophene rings is 1. The fraction of sp³-hybridized carbons (Fsp3) is 0.389. The average molecular weight is 395 g/mol. The van der Waals surface area contributed by atoms with Gasteiger partial charge in [0.25, 0.3) is 0 Å². The van der Waals surface area contributed by atoms with Crippen molar-refractivity contribution in [3.05, 3.63) is 52.2 Å². The van der Waals surface area contributed by atoms with Gasteiger partial charge in [-0.25, -0.2) is 17.9 Å². The number of carbonyl (C=O) groups is 1. The van der Waals surface area contributed by atoms with Crippen molar-refractivity contribution < 1.29 is 17.9 Å². The van der Waals surface area contributed by atoms with Crippen LogP contribution < -0.4 is 4.72 Å². The Balaban J connectivity index is 1.59. The molecule has 2 aromatic rings. The second-order valence-corrected chi connectivity index (χ2v) is 8.86. The van der Waals surface area contributed by atoms with E-state index in [0.717, 1.165) is 43.8 Å². The SMILES string of the molecule is COC(=O)c1sccc1S(=O)(=O)NC1CCN(Cc2ccccc2)CC1. The molecule has 0 aliphatic carbocycles. The molecule has 1 aliphatic rings. The highest BCUT2D eigenvalue weighted by molar-refractivity contribution is 7.89. The van der Waals surface area contributed by atoms with Crippen molar-refractivity contribution >= 4 is 27.3 Å². The van der Waals surface area contributed by atoms with Gasteiger partial charge in [0.1, 0.15) is 9.77 Å². The minimum atomic E-state index is -3.74. The summed E-state index contributed by atoms with van der Waals surface area (Å²) in [5.74, 6) is -0.627. The second-order valence-electron chi connectivity index (χ2n) is 6.26. The van der Waals surface area contributed by atoms with Gasteiger partial charge in [0.05, 0.1) is 7.11 Å². The number of hydrogen-bond donors (Lipinski definition) is 1. The molecule has 1 aromatic carbocycles. The van der Waals surface area contributed by atoms with E-state index < -0.39 is 16.0 Å². The zero-order valence-corrected chi connectivity index (χ0v) is 16.2. The fourth-order valence-electron chi connectivity index (χ4n) is 3.08. The number of rotatable bonds is 6. The summed E-state index contributed by atoms with van der Waals surface area (Å²) < 4.78 is 32.7. The van der Waals surface area contributed by atoms with Crippen LogP contribution in [0.15, 0.2) is 46.7 Å². The Labute approximate surface area is 157 Å². The number of hydrogen-bond acceptors (Lipinski definition) is 6. The van der Waals surface area contributed by atoms with Crippen molar-refractivity contribution in [3.8, 4) is 0 Å². The Morgan fingerprint density at radius 1 is 1.23 bits per heavy atom. The van der Waals surface area contributed by atoms with Gasteiger partial charge in [-0.05, 0) is 29.9 Å². The zero-order valence-electron chi connectivity index (χ0n) is 14.6. The molecule has 2 heterocycles. The molecule has 8 heteroatoms. The van der Waals surface area contributed by atoms with Crippen molar-refractivity contribution in [1.82, 2.24) is 9.62 Å². The Hall–Kier alpha value is -1.74. The van der Waals surface area contributed by atoms with E-state index in [4.69, 9.17) is 0 Å². The van der Waals surface area contributed by atoms with E-state index in [2.05, 4.69) is 26.5 Å². The lowest BCUT2D eigenvalue weighted by Gasteiger charge is -2.32. The summed E-state index contributed by atoms with van der Waals surface area (Å²) in [4.78, 5) is 14.2. The summed E-state index contributed by atoms with van der Waals surface area (Å²) in [7, 11) is -2.49. The van der Waals surface area contributed by atoms with Crippen molar-refractivity contribution in [3.63, 3.8) is 0 Å². The number of piperidine rings is 1. The van der Waals surface area contributed by atoms with Crippen LogP contribution in [-0.2, 0) is 21.3 Å². The standard InChI is InChI=1S/C18H22N2O4S2/c1-24-18(21)17-16(9-12-25-17)26(22,23)19-15-7-10-20(11-8-15)13-14-5-3-2-4-6-14/h2-6,9,12,15,19H,7-8,10-11,13H2,1H3. The summed E-state index contributed by atoms with van der Waals surface area (Å²) in [5, 5.41) is 1.59. The van der Waals surface area contributed by atoms with Gasteiger partial charge in [-0.2, -0.15) is 0 Å². The lowest BCUT2D eigenvalue weighted by molar-refractivity contribution is 0.0602. The minimum Gasteiger partial charge on any atom is -0.465 e. The normalized spacial score (nSPS) is 16.5. The van der Waals surface area contributed by atoms with E-state index >= 15 is 0 Å². The molecular weight excluding hydrogens is 372 g/mol. The first-order valence-electron chi connectivity index (χ1n) is 8.44. The number of carbonyl (C=O) groups excluding carboxylic acids is 1. The van der Waals surface area contributed by atoms with Crippen LogP contribution in [0.3, 0.4) is 0 Å². The molecule has 1 aromatic heterocycles. The maximum Gasteiger partial charge on any atom is 0.349 e. The van der Waals surface area contributed by atoms with Gasteiger partial charge < -0.3 is 4.74 Å². The molecule has 1 N–H and O–H groups in total. The Morgan fingerprint density at radius 3 is 2.58 bits per heavy atom. The van der Waals surface area contributed by atoms with Crippen molar-refractivity contribution in [1.29, 1.82) is 0 Å². The molecule has 0 spiro atoms. The van der Waals surface area contributed by atoms with Crippen LogP contribution in [0.1, 0.15) is 28.1 Å². The maximum atomic E-state index is 12.6. The molecule has 26 heavy (non-hydrogen) atoms. The largest absolute Gasteiger partial charge is 0.465 e. The summed E-state index contributed by atoms with van der Waals surface area (Å²) >= 11 is 1.07. The van der Waals surface area contributed by atoms with Crippen LogP contribution in [0, 0.1) is 0 Å². The number of nitrogens with one attached hydrogen (secondary N) is 1. The number of sulfonamides is 1. The van der Waals surface area contributed by atoms with Gasteiger partial charge in [-0.15, -0.1) is 11.3 Å². The Kier molecular flexibility index (Phi) is 6.08. The quantitative estimate of drug-likeness (QED) is 0.762. The summed E-state index contributed by atoms with van der Waals surface area (Å²) in [6, 6.07) is 11.6. The van der Waals surface area contributed by atoms with Gasteiger partial charge in [0, 0.05) is 25.7 Å². The van der Waals surface area contributed by atoms with Crippen LogP contribution in [0.4, 0.5) is 0 Å². The smallest absolute Gasteiger partial charge is 0.349 e. The van der Waals surface area contributed by atoms with E-state index in [1.807, 2.05) is 18.2 Å². The highest BCUT2D eigenvalue weighted by Gasteiger charge is 2.29. The number of ether oxygens (including phenoxy) is 1. The van der Waals surface area contributed by atoms with Gasteiger partial charge in [-0.1, -0.05) is 30.3 Å². The highest BCUT2D eigenvalue weighted by atomic mass is 32.2. The predicted molar refractivity (Wildman–Crippen MR) is 101 cm³/mol. The molecule has 0 saturated carbocycles. The molecule has 3 rings (SSSR count). The molecule has 0 radical (unpaired) electrons. The average Bonchev–Trinajstić information content (AvgIpc) is 3.14. The molecule has 1 aliphatic heterocycles. The van der Waals surface area contributed by atoms with E-state index in [-0.39, 0.29) is 15.8 Å². The highest BCUT2D eigenvalue weighted by Crippen LogP contribution is 2.24. The van der Waals surface area contributed by atoms with E-state index in [1.54, 1.807) is 5.38 Å². The lowest BCUT2D eigenvalue weighted by Crippen LogP contribution is -2.44. The first-order valence-corrected chi connectivity index (χ1v) is 10.8. The van der Waals surface area contributed by atoms with Crippen LogP contribution >= 0.6 is 11.3 Å². The van der Waals surface area contributed by atoms with Gasteiger partial charge in [0.2, 0.25) is 10.0 Å². The van der Waals surface area contributed by atoms with Gasteiger partial charge in [-0.3, -0.25) is 4.90 Å². The molecule has 0 amide bonds. The lowest BCUT2D eigenvalue weighted by atomic mass is 10.1. The molecule has 1 fully saturated rings. The van der Waals surface area contributed by atoms with Crippen LogP contribution in [0.25, 0.3) is 0 Å². The molecule has 6 nitrogen and oxygen atoms in total. The molecular formula is C18H22N2O4S2. The molecule has 0 atom stereocenters. The van der Waals surface area contributed by atoms with Crippen LogP contribution in [0.2, 0.25) is 0 Å². The first-order chi connectivity index (χ1) is 12.5. The fourth-order valence-corrected chi connectivity index (χ4v) is 5.72. The van der Waals surface area contributed by atoms with Crippen molar-refractivity contribution in [2.24, 2.45) is 0 Å². The molecule has 0 unspecified atom stereocenters. The zero-order chi connectivity index (χ0) is 18.6. The van der Waals surface area contributed by atoms with Gasteiger partial charge >= 0.3 is 5.97 Å². The van der Waals surface area contributed by atoms with E-state index in [0.29, 0.717) is 0 Å². The number of likely N-dealkylation sites (tertiary alicyclic amines) is 1. The van der Waals surface area contributed by atoms with E-state index in [1.165, 1.54) is 18.7 Å². The topological polar surface area (TPSA) is 75.7 Å². The Morgan fingerprint density at radius 2 is 1.92 bits per heavy atom. The minimum absolute atomic E-state index is 0.000986. The third kappa shape index (κ3) is 4.50. The van der Waals surface area contributed by atoms with Crippen molar-refractivity contribution in [2.75, 3.05) is 20.2 Å². The van der Waals surface area contributed by atoms with Crippen LogP contribution in [-0.4, -0.2) is 45.5 Å². The number of nitrogens with zero attached hydrogens (tertiary/aromatic N) is 1. The van der Waals surface area contributed by atoms with Crippen molar-refractivity contribution in [2.45, 2.75) is 30.3 Å². The van der Waals surface area contributed by atoms with Gasteiger partial charge in [0.15, 0.2) is 0 Å². The third-order valence-corrected chi connectivity index (χ3v) is 7.03. The Bertz CT molecular complexity index is 841. The summed E-state index contributed by atoms with van der Waals surface area (Å²) in [5.41, 5.74) is 1.26. The number of esters is 1. The number of methoxy groups -OCH3 is 1. The first kappa shape index (κ1) is 19.0. The summed E-state index contributed by atoms with van der Waals surface area (Å²) in [6.07, 6.45) is 1.48. The summed E-state index contributed by atoms with van der Waals surface area (Å²) in [6.45, 7) is 2.53. The second kappa shape index (κ2) is 8.30. The van der Waals surface area contributed by atoms with E-state index in [9.17, 15) is 13.2 Å². The molecule has 1 saturated heterocycles. The van der Waals surface area contributed by atoms with Crippen LogP contribution in [0.5, 0.6) is 0 Å². The number of benzene rings is 1. The predicted octanol–water partition coefficient (Wildman–Crippen LogP) is 2.48. The monoisotopic (exact) mass is 394 g/mol. The third-order valence-electron chi connectivity index (χ3n) is 4.45. The molecule has 140 valence electrons. The molecule has 0 bridgehead atoms.